The first-order valence-corrected chi connectivity index (χ1v) is 7.35. The van der Waals surface area contributed by atoms with Crippen LogP contribution in [0.15, 0.2) is 59.3 Å². The molecule has 3 aromatic heterocycles. The van der Waals surface area contributed by atoms with Gasteiger partial charge in [0.05, 0.1) is 5.69 Å². The van der Waals surface area contributed by atoms with Crippen molar-refractivity contribution in [2.75, 3.05) is 5.32 Å². The van der Waals surface area contributed by atoms with Crippen molar-refractivity contribution >= 4 is 22.8 Å². The third kappa shape index (κ3) is 2.52. The number of rotatable bonds is 3. The second kappa shape index (κ2) is 5.62. The van der Waals surface area contributed by atoms with E-state index >= 15 is 0 Å². The lowest BCUT2D eigenvalue weighted by molar-refractivity contribution is 0.102. The molecule has 0 radical (unpaired) electrons. The first kappa shape index (κ1) is 14.1. The fraction of sp³-hybridized carbons (Fsp3) is 0.0588. The number of anilines is 1. The van der Waals surface area contributed by atoms with Gasteiger partial charge >= 0.3 is 6.01 Å². The number of hydrogen-bond acceptors (Lipinski definition) is 5. The summed E-state index contributed by atoms with van der Waals surface area (Å²) in [5.74, 6) is 0.232. The van der Waals surface area contributed by atoms with Crippen LogP contribution in [0.3, 0.4) is 0 Å². The van der Waals surface area contributed by atoms with E-state index in [1.165, 1.54) is 4.68 Å². The van der Waals surface area contributed by atoms with Crippen molar-refractivity contribution in [3.63, 3.8) is 0 Å². The molecule has 0 saturated carbocycles. The third-order valence-electron chi connectivity index (χ3n) is 3.48. The largest absolute Gasteiger partial charge is 0.422 e. The Labute approximate surface area is 137 Å². The van der Waals surface area contributed by atoms with E-state index < -0.39 is 0 Å². The summed E-state index contributed by atoms with van der Waals surface area (Å²) in [4.78, 5) is 20.7. The number of carbonyl (C=O) groups excluding carboxylic acids is 1. The first-order valence-electron chi connectivity index (χ1n) is 7.35. The van der Waals surface area contributed by atoms with E-state index in [9.17, 15) is 4.79 Å². The van der Waals surface area contributed by atoms with Crippen molar-refractivity contribution in [3.05, 3.63) is 66.1 Å². The standard InChI is InChI=1S/C17H13N5O2/c1-11-10-15(20-16(23)12-6-8-18-9-7-12)22(21-11)17-19-13-4-2-3-5-14(13)24-17/h2-10H,1H3,(H,20,23). The van der Waals surface area contributed by atoms with Gasteiger partial charge in [0, 0.05) is 24.0 Å². The third-order valence-corrected chi connectivity index (χ3v) is 3.48. The van der Waals surface area contributed by atoms with Crippen molar-refractivity contribution in [1.82, 2.24) is 19.7 Å². The van der Waals surface area contributed by atoms with Crippen LogP contribution >= 0.6 is 0 Å². The molecule has 0 fully saturated rings. The quantitative estimate of drug-likeness (QED) is 0.627. The highest BCUT2D eigenvalue weighted by Crippen LogP contribution is 2.22. The number of para-hydroxylation sites is 2. The molecule has 4 aromatic rings. The smallest absolute Gasteiger partial charge is 0.325 e. The van der Waals surface area contributed by atoms with Crippen LogP contribution in [0.5, 0.6) is 0 Å². The van der Waals surface area contributed by atoms with Crippen LogP contribution in [-0.2, 0) is 0 Å². The number of pyridine rings is 1. The minimum absolute atomic E-state index is 0.255. The fourth-order valence-corrected chi connectivity index (χ4v) is 2.38. The molecule has 0 aliphatic carbocycles. The Morgan fingerprint density at radius 3 is 2.75 bits per heavy atom. The number of amides is 1. The van der Waals surface area contributed by atoms with Crippen LogP contribution < -0.4 is 5.32 Å². The zero-order valence-electron chi connectivity index (χ0n) is 12.8. The maximum Gasteiger partial charge on any atom is 0.325 e. The van der Waals surface area contributed by atoms with Crippen LogP contribution in [0.25, 0.3) is 17.1 Å². The zero-order chi connectivity index (χ0) is 16.5. The highest BCUT2D eigenvalue weighted by Gasteiger charge is 2.16. The Balaban J connectivity index is 1.71. The van der Waals surface area contributed by atoms with Gasteiger partial charge in [0.2, 0.25) is 0 Å². The number of benzene rings is 1. The highest BCUT2D eigenvalue weighted by atomic mass is 16.4. The first-order chi connectivity index (χ1) is 11.7. The summed E-state index contributed by atoms with van der Waals surface area (Å²) >= 11 is 0. The van der Waals surface area contributed by atoms with E-state index in [1.54, 1.807) is 30.6 Å². The van der Waals surface area contributed by atoms with Crippen molar-refractivity contribution in [3.8, 4) is 6.01 Å². The molecule has 24 heavy (non-hydrogen) atoms. The van der Waals surface area contributed by atoms with Crippen LogP contribution in [0.2, 0.25) is 0 Å². The molecule has 0 atom stereocenters. The molecule has 0 bridgehead atoms. The molecule has 4 rings (SSSR count). The van der Waals surface area contributed by atoms with Gasteiger partial charge in [0.1, 0.15) is 11.3 Å². The lowest BCUT2D eigenvalue weighted by Gasteiger charge is -2.05. The molecule has 1 N–H and O–H groups in total. The molecule has 0 aliphatic heterocycles. The molecular weight excluding hydrogens is 306 g/mol. The fourth-order valence-electron chi connectivity index (χ4n) is 2.38. The molecule has 0 aliphatic rings. The monoisotopic (exact) mass is 319 g/mol. The summed E-state index contributed by atoms with van der Waals surface area (Å²) in [6.45, 7) is 1.83. The number of carbonyl (C=O) groups is 1. The molecule has 0 spiro atoms. The summed E-state index contributed by atoms with van der Waals surface area (Å²) in [6.07, 6.45) is 3.14. The Morgan fingerprint density at radius 1 is 1.17 bits per heavy atom. The number of nitrogens with one attached hydrogen (secondary N) is 1. The molecule has 1 amide bonds. The molecule has 7 nitrogen and oxygen atoms in total. The van der Waals surface area contributed by atoms with E-state index in [4.69, 9.17) is 4.42 Å². The molecule has 1 aromatic carbocycles. The van der Waals surface area contributed by atoms with Crippen LogP contribution in [0.4, 0.5) is 5.82 Å². The maximum atomic E-state index is 12.3. The van der Waals surface area contributed by atoms with Crippen LogP contribution in [-0.4, -0.2) is 25.7 Å². The number of nitrogens with zero attached hydrogens (tertiary/aromatic N) is 4. The highest BCUT2D eigenvalue weighted by molar-refractivity contribution is 6.03. The zero-order valence-corrected chi connectivity index (χ0v) is 12.8. The predicted molar refractivity (Wildman–Crippen MR) is 88.1 cm³/mol. The molecule has 118 valence electrons. The molecule has 7 heteroatoms. The molecule has 0 unspecified atom stereocenters. The van der Waals surface area contributed by atoms with Gasteiger partial charge in [-0.3, -0.25) is 9.78 Å². The van der Waals surface area contributed by atoms with E-state index in [1.807, 2.05) is 31.2 Å². The Bertz CT molecular complexity index is 987. The second-order valence-electron chi connectivity index (χ2n) is 5.24. The van der Waals surface area contributed by atoms with Gasteiger partial charge in [0.15, 0.2) is 5.58 Å². The molecule has 0 saturated heterocycles. The Hall–Kier alpha value is -3.48. The van der Waals surface area contributed by atoms with Gasteiger partial charge in [-0.05, 0) is 31.2 Å². The number of aryl methyl sites for hydroxylation is 1. The van der Waals surface area contributed by atoms with Crippen LogP contribution in [0, 0.1) is 6.92 Å². The van der Waals surface area contributed by atoms with Crippen molar-refractivity contribution < 1.29 is 9.21 Å². The summed E-state index contributed by atoms with van der Waals surface area (Å²) in [5, 5.41) is 7.18. The summed E-state index contributed by atoms with van der Waals surface area (Å²) < 4.78 is 7.20. The molecule has 3 heterocycles. The topological polar surface area (TPSA) is 85.8 Å². The average Bonchev–Trinajstić information content (AvgIpc) is 3.18. The van der Waals surface area contributed by atoms with Gasteiger partial charge in [-0.1, -0.05) is 12.1 Å². The van der Waals surface area contributed by atoms with E-state index in [2.05, 4.69) is 20.4 Å². The van der Waals surface area contributed by atoms with Crippen molar-refractivity contribution in [1.29, 1.82) is 0 Å². The van der Waals surface area contributed by atoms with E-state index in [0.717, 1.165) is 11.2 Å². The number of oxazole rings is 1. The number of aromatic nitrogens is 4. The molecular formula is C17H13N5O2. The normalized spacial score (nSPS) is 10.9. The van der Waals surface area contributed by atoms with E-state index in [-0.39, 0.29) is 5.91 Å². The predicted octanol–water partition coefficient (Wildman–Crippen LogP) is 2.97. The summed E-state index contributed by atoms with van der Waals surface area (Å²) in [7, 11) is 0. The van der Waals surface area contributed by atoms with Crippen LogP contribution in [0.1, 0.15) is 16.1 Å². The van der Waals surface area contributed by atoms with Crippen molar-refractivity contribution in [2.24, 2.45) is 0 Å². The van der Waals surface area contributed by atoms with Crippen molar-refractivity contribution in [2.45, 2.75) is 6.92 Å². The minimum atomic E-state index is -0.255. The second-order valence-corrected chi connectivity index (χ2v) is 5.24. The minimum Gasteiger partial charge on any atom is -0.422 e. The maximum absolute atomic E-state index is 12.3. The lowest BCUT2D eigenvalue weighted by Crippen LogP contribution is -2.15. The number of fused-ring (bicyclic) bond motifs is 1. The van der Waals surface area contributed by atoms with Gasteiger partial charge in [-0.2, -0.15) is 14.8 Å². The van der Waals surface area contributed by atoms with Gasteiger partial charge in [-0.15, -0.1) is 0 Å². The van der Waals surface area contributed by atoms with E-state index in [0.29, 0.717) is 23.0 Å². The summed E-state index contributed by atoms with van der Waals surface area (Å²) in [6, 6.07) is 12.8. The van der Waals surface area contributed by atoms with Gasteiger partial charge in [0.25, 0.3) is 5.91 Å². The van der Waals surface area contributed by atoms with Gasteiger partial charge < -0.3 is 9.73 Å². The SMILES string of the molecule is Cc1cc(NC(=O)c2ccncc2)n(-c2nc3ccccc3o2)n1. The lowest BCUT2D eigenvalue weighted by atomic mass is 10.2. The van der Waals surface area contributed by atoms with Gasteiger partial charge in [-0.25, -0.2) is 0 Å². The Kier molecular flexibility index (Phi) is 3.31. The average molecular weight is 319 g/mol. The Morgan fingerprint density at radius 2 is 1.96 bits per heavy atom. The summed E-state index contributed by atoms with van der Waals surface area (Å²) in [5.41, 5.74) is 2.63. The number of hydrogen-bond donors (Lipinski definition) is 1.